The van der Waals surface area contributed by atoms with Crippen LogP contribution in [0.3, 0.4) is 0 Å². The van der Waals surface area contributed by atoms with Crippen LogP contribution in [0.2, 0.25) is 0 Å². The lowest BCUT2D eigenvalue weighted by atomic mass is 10.2. The first kappa shape index (κ1) is 14.7. The van der Waals surface area contributed by atoms with E-state index in [4.69, 9.17) is 4.52 Å². The second-order valence-corrected chi connectivity index (χ2v) is 5.70. The molecule has 1 heterocycles. The zero-order valence-corrected chi connectivity index (χ0v) is 13.6. The summed E-state index contributed by atoms with van der Waals surface area (Å²) in [6.45, 7) is 0.198. The monoisotopic (exact) mass is 405 g/mol. The number of rotatable bonds is 4. The third-order valence-electron chi connectivity index (χ3n) is 3.02. The van der Waals surface area contributed by atoms with Crippen molar-refractivity contribution in [1.29, 1.82) is 0 Å². The molecule has 1 amide bonds. The molecule has 0 bridgehead atoms. The van der Waals surface area contributed by atoms with Gasteiger partial charge in [-0.3, -0.25) is 4.79 Å². The van der Waals surface area contributed by atoms with Crippen LogP contribution in [0, 0.1) is 3.57 Å². The minimum Gasteiger partial charge on any atom is -0.343 e. The number of carbonyl (C=O) groups is 1. The van der Waals surface area contributed by atoms with Crippen LogP contribution in [0.25, 0.3) is 11.4 Å². The van der Waals surface area contributed by atoms with Gasteiger partial charge in [-0.25, -0.2) is 0 Å². The van der Waals surface area contributed by atoms with Gasteiger partial charge in [-0.2, -0.15) is 4.98 Å². The van der Waals surface area contributed by atoms with Crippen LogP contribution in [0.4, 0.5) is 0 Å². The third kappa shape index (κ3) is 3.33. The summed E-state index contributed by atoms with van der Waals surface area (Å²) < 4.78 is 6.05. The van der Waals surface area contributed by atoms with Crippen molar-refractivity contribution >= 4 is 28.5 Å². The van der Waals surface area contributed by atoms with Crippen LogP contribution in [0.1, 0.15) is 16.2 Å². The minimum atomic E-state index is -0.163. The average molecular weight is 405 g/mol. The van der Waals surface area contributed by atoms with Gasteiger partial charge in [0.1, 0.15) is 0 Å². The van der Waals surface area contributed by atoms with Crippen LogP contribution in [0.15, 0.2) is 59.1 Å². The molecule has 22 heavy (non-hydrogen) atoms. The summed E-state index contributed by atoms with van der Waals surface area (Å²) in [5.41, 5.74) is 1.51. The Hall–Kier alpha value is -2.22. The molecule has 3 rings (SSSR count). The molecule has 0 spiro atoms. The van der Waals surface area contributed by atoms with Crippen molar-refractivity contribution in [2.24, 2.45) is 0 Å². The van der Waals surface area contributed by atoms with Crippen LogP contribution in [-0.2, 0) is 6.54 Å². The largest absolute Gasteiger partial charge is 0.343 e. The third-order valence-corrected chi connectivity index (χ3v) is 3.96. The molecule has 0 saturated carbocycles. The number of benzene rings is 2. The predicted molar refractivity (Wildman–Crippen MR) is 90.1 cm³/mol. The Bertz CT molecular complexity index is 787. The average Bonchev–Trinajstić information content (AvgIpc) is 3.03. The molecule has 0 aliphatic carbocycles. The van der Waals surface area contributed by atoms with E-state index < -0.39 is 0 Å². The molecule has 0 radical (unpaired) electrons. The van der Waals surface area contributed by atoms with Gasteiger partial charge in [0, 0.05) is 9.13 Å². The molecule has 1 N–H and O–H groups in total. The van der Waals surface area contributed by atoms with Gasteiger partial charge >= 0.3 is 0 Å². The highest BCUT2D eigenvalue weighted by atomic mass is 127. The van der Waals surface area contributed by atoms with Crippen molar-refractivity contribution in [1.82, 2.24) is 15.5 Å². The van der Waals surface area contributed by atoms with Crippen LogP contribution in [-0.4, -0.2) is 16.0 Å². The molecule has 0 aliphatic heterocycles. The van der Waals surface area contributed by atoms with Gasteiger partial charge in [-0.15, -0.1) is 0 Å². The van der Waals surface area contributed by atoms with Crippen molar-refractivity contribution in [3.63, 3.8) is 0 Å². The smallest absolute Gasteiger partial charge is 0.252 e. The lowest BCUT2D eigenvalue weighted by Gasteiger charge is -2.04. The summed E-state index contributed by atoms with van der Waals surface area (Å²) in [4.78, 5) is 16.4. The van der Waals surface area contributed by atoms with Gasteiger partial charge in [-0.1, -0.05) is 47.6 Å². The van der Waals surface area contributed by atoms with E-state index in [0.717, 1.165) is 9.13 Å². The van der Waals surface area contributed by atoms with Crippen molar-refractivity contribution < 1.29 is 9.32 Å². The fourth-order valence-corrected chi connectivity index (χ4v) is 2.56. The van der Waals surface area contributed by atoms with E-state index in [1.54, 1.807) is 6.07 Å². The van der Waals surface area contributed by atoms with E-state index in [9.17, 15) is 4.79 Å². The normalized spacial score (nSPS) is 10.4. The number of nitrogens with one attached hydrogen (secondary N) is 1. The van der Waals surface area contributed by atoms with E-state index in [1.807, 2.05) is 48.5 Å². The summed E-state index contributed by atoms with van der Waals surface area (Å²) in [5, 5.41) is 6.70. The molecule has 1 aromatic heterocycles. The molecule has 0 saturated heterocycles. The second-order valence-electron chi connectivity index (χ2n) is 4.54. The number of carbonyl (C=O) groups excluding carboxylic acids is 1. The number of hydrogen-bond donors (Lipinski definition) is 1. The highest BCUT2D eigenvalue weighted by Gasteiger charge is 2.12. The molecule has 0 fully saturated rings. The maximum absolute atomic E-state index is 12.1. The number of amides is 1. The Morgan fingerprint density at radius 1 is 1.09 bits per heavy atom. The number of nitrogens with zero attached hydrogens (tertiary/aromatic N) is 2. The maximum Gasteiger partial charge on any atom is 0.252 e. The van der Waals surface area contributed by atoms with Gasteiger partial charge in [0.05, 0.1) is 12.1 Å². The zero-order chi connectivity index (χ0) is 15.4. The minimum absolute atomic E-state index is 0.163. The van der Waals surface area contributed by atoms with Gasteiger partial charge in [0.15, 0.2) is 0 Å². The molecule has 0 atom stereocenters. The lowest BCUT2D eigenvalue weighted by molar-refractivity contribution is 0.0945. The van der Waals surface area contributed by atoms with E-state index in [-0.39, 0.29) is 12.5 Å². The molecular formula is C16H12IN3O2. The van der Waals surface area contributed by atoms with Crippen LogP contribution < -0.4 is 5.32 Å². The Morgan fingerprint density at radius 3 is 2.59 bits per heavy atom. The fraction of sp³-hybridized carbons (Fsp3) is 0.0625. The number of halogens is 1. The highest BCUT2D eigenvalue weighted by Crippen LogP contribution is 2.15. The Kier molecular flexibility index (Phi) is 4.47. The van der Waals surface area contributed by atoms with Crippen molar-refractivity contribution in [3.05, 3.63) is 69.6 Å². The van der Waals surface area contributed by atoms with Gasteiger partial charge in [-0.05, 0) is 34.7 Å². The van der Waals surface area contributed by atoms with Gasteiger partial charge in [0.2, 0.25) is 11.7 Å². The second kappa shape index (κ2) is 6.69. The number of hydrogen-bond acceptors (Lipinski definition) is 4. The highest BCUT2D eigenvalue weighted by molar-refractivity contribution is 14.1. The van der Waals surface area contributed by atoms with Crippen molar-refractivity contribution in [2.45, 2.75) is 6.54 Å². The van der Waals surface area contributed by atoms with E-state index in [0.29, 0.717) is 17.3 Å². The van der Waals surface area contributed by atoms with Gasteiger partial charge in [0.25, 0.3) is 5.91 Å². The van der Waals surface area contributed by atoms with Crippen LogP contribution >= 0.6 is 22.6 Å². The maximum atomic E-state index is 12.1. The standard InChI is InChI=1S/C16H12IN3O2/c17-13-9-5-4-8-12(13)16(21)18-10-14-19-15(20-22-14)11-6-2-1-3-7-11/h1-9H,10H2,(H,18,21). The molecular weight excluding hydrogens is 393 g/mol. The Labute approximate surface area is 140 Å². The topological polar surface area (TPSA) is 68.0 Å². The summed E-state index contributed by atoms with van der Waals surface area (Å²) in [6.07, 6.45) is 0. The first-order chi connectivity index (χ1) is 10.7. The first-order valence-electron chi connectivity index (χ1n) is 6.65. The van der Waals surface area contributed by atoms with E-state index in [1.165, 1.54) is 0 Å². The Balaban J connectivity index is 1.67. The summed E-state index contributed by atoms with van der Waals surface area (Å²) in [7, 11) is 0. The van der Waals surface area contributed by atoms with Crippen molar-refractivity contribution in [2.75, 3.05) is 0 Å². The van der Waals surface area contributed by atoms with Crippen LogP contribution in [0.5, 0.6) is 0 Å². The Morgan fingerprint density at radius 2 is 1.82 bits per heavy atom. The molecule has 5 nitrogen and oxygen atoms in total. The summed E-state index contributed by atoms with van der Waals surface area (Å²) in [6, 6.07) is 16.9. The fourth-order valence-electron chi connectivity index (χ4n) is 1.93. The SMILES string of the molecule is O=C(NCc1nc(-c2ccccc2)no1)c1ccccc1I. The molecule has 0 aliphatic rings. The molecule has 0 unspecified atom stereocenters. The predicted octanol–water partition coefficient (Wildman–Crippen LogP) is 3.27. The lowest BCUT2D eigenvalue weighted by Crippen LogP contribution is -2.23. The van der Waals surface area contributed by atoms with Crippen molar-refractivity contribution in [3.8, 4) is 11.4 Å². The first-order valence-corrected chi connectivity index (χ1v) is 7.72. The zero-order valence-electron chi connectivity index (χ0n) is 11.5. The quantitative estimate of drug-likeness (QED) is 0.677. The molecule has 110 valence electrons. The summed E-state index contributed by atoms with van der Waals surface area (Å²) >= 11 is 2.13. The molecule has 3 aromatic rings. The molecule has 6 heteroatoms. The number of aromatic nitrogens is 2. The summed E-state index contributed by atoms with van der Waals surface area (Å²) in [5.74, 6) is 0.724. The molecule has 2 aromatic carbocycles. The van der Waals surface area contributed by atoms with E-state index >= 15 is 0 Å². The van der Waals surface area contributed by atoms with Gasteiger partial charge < -0.3 is 9.84 Å². The van der Waals surface area contributed by atoms with E-state index in [2.05, 4.69) is 38.0 Å².